The molecule has 0 aliphatic carbocycles. The molecule has 0 unspecified atom stereocenters. The molecule has 6 rings (SSSR count). The number of carbonyl (C=O) groups is 2. The summed E-state index contributed by atoms with van der Waals surface area (Å²) < 4.78 is 68.5. The third-order valence-corrected chi connectivity index (χ3v) is 15.0. The van der Waals surface area contributed by atoms with Crippen LogP contribution in [0.2, 0.25) is 0 Å². The lowest BCUT2D eigenvalue weighted by atomic mass is 9.93. The summed E-state index contributed by atoms with van der Waals surface area (Å²) in [5.41, 5.74) is 0. The molecule has 0 aromatic rings. The van der Waals surface area contributed by atoms with Crippen molar-refractivity contribution in [2.75, 3.05) is 52.9 Å². The van der Waals surface area contributed by atoms with E-state index in [2.05, 4.69) is 10.6 Å². The fraction of sp³-hybridized carbons (Fsp3) is 0.957. The average molecular weight is 1240 g/mol. The topological polar surface area (TPSA) is 614 Å². The van der Waals surface area contributed by atoms with Crippen LogP contribution < -0.4 is 10.6 Å². The van der Waals surface area contributed by atoms with Crippen molar-refractivity contribution in [3.8, 4) is 0 Å². The van der Waals surface area contributed by atoms with Crippen molar-refractivity contribution in [1.82, 2.24) is 10.6 Å². The molecule has 24 N–H and O–H groups in total. The third-order valence-electron chi connectivity index (χ3n) is 15.0. The zero-order chi connectivity index (χ0) is 62.3. The van der Waals surface area contributed by atoms with E-state index in [-0.39, 0.29) is 0 Å². The zero-order valence-electron chi connectivity index (χ0n) is 44.8. The number of aliphatic hydroxyl groups is 22. The largest absolute Gasteiger partial charge is 0.394 e. The van der Waals surface area contributed by atoms with Crippen LogP contribution in [-0.2, 0) is 66.4 Å². The van der Waals surface area contributed by atoms with Crippen LogP contribution in [0.4, 0.5) is 0 Å². The van der Waals surface area contributed by atoms with Gasteiger partial charge in [0.25, 0.3) is 0 Å². The number of rotatable bonds is 25. The second-order valence-corrected chi connectivity index (χ2v) is 20.8. The number of amides is 2. The van der Waals surface area contributed by atoms with E-state index in [9.17, 15) is 122 Å². The van der Waals surface area contributed by atoms with Gasteiger partial charge in [-0.15, -0.1) is 0 Å². The van der Waals surface area contributed by atoms with E-state index < -0.39 is 273 Å². The van der Waals surface area contributed by atoms with Crippen LogP contribution in [0.3, 0.4) is 0 Å². The van der Waals surface area contributed by atoms with Gasteiger partial charge < -0.3 is 180 Å². The SMILES string of the molecule is CC(=O)N[C@H]1[C@H](O[C@H]2[C@@H](O)[C@@H](CO)O[C@@H](O[C@H]3[C@H](O)[C@@H](NC(C)=O)[C@H](O[C@H]4[C@@H](O)[C@@H](CO)O[C@@H](O[C@@H]([C@H](O)[C@@H](O)CO)[C@H](O)CO)[C@@H]4O)O[C@@H]3CO)[C@@H]2O)O[C@H](CO)[C@@H](O[C@@H]2O[C@H](CO)[C@H](O[C@@H]3O[C@H](CO)[C@H](O)[C@H](O)[C@H]3O)[C@H](O)[C@H]2O)[C@@H]1O. The lowest BCUT2D eigenvalue weighted by Crippen LogP contribution is -2.70. The molecule has 0 bridgehead atoms. The van der Waals surface area contributed by atoms with E-state index in [1.807, 2.05) is 0 Å². The highest BCUT2D eigenvalue weighted by Crippen LogP contribution is 2.37. The first-order valence-corrected chi connectivity index (χ1v) is 26.6. The molecule has 84 heavy (non-hydrogen) atoms. The number of nitrogens with one attached hydrogen (secondary N) is 2. The molecule has 0 saturated carbocycles. The molecule has 490 valence electrons. The number of ether oxygens (including phenoxy) is 12. The molecule has 6 fully saturated rings. The zero-order valence-corrected chi connectivity index (χ0v) is 44.8. The summed E-state index contributed by atoms with van der Waals surface area (Å²) in [4.78, 5) is 25.3. The number of carbonyl (C=O) groups excluding carboxylic acids is 2. The van der Waals surface area contributed by atoms with E-state index >= 15 is 0 Å². The van der Waals surface area contributed by atoms with E-state index in [1.165, 1.54) is 0 Å². The number of hydrogen-bond donors (Lipinski definition) is 24. The second kappa shape index (κ2) is 31.4. The molecule has 6 heterocycles. The minimum atomic E-state index is -2.28. The van der Waals surface area contributed by atoms with Crippen LogP contribution in [-0.4, -0.2) is 386 Å². The number of aliphatic hydroxyl groups excluding tert-OH is 22. The summed E-state index contributed by atoms with van der Waals surface area (Å²) >= 11 is 0. The molecule has 6 aliphatic heterocycles. The maximum absolute atomic E-state index is 12.7. The molecule has 2 amide bonds. The average Bonchev–Trinajstić information content (AvgIpc) is 3.42. The highest BCUT2D eigenvalue weighted by Gasteiger charge is 2.59. The van der Waals surface area contributed by atoms with Crippen LogP contribution in [0.25, 0.3) is 0 Å². The van der Waals surface area contributed by atoms with Crippen molar-refractivity contribution in [3.05, 3.63) is 0 Å². The smallest absolute Gasteiger partial charge is 0.217 e. The fourth-order valence-electron chi connectivity index (χ4n) is 10.4. The molecule has 6 aliphatic rings. The second-order valence-electron chi connectivity index (χ2n) is 20.8. The van der Waals surface area contributed by atoms with Gasteiger partial charge in [0.15, 0.2) is 37.7 Å². The van der Waals surface area contributed by atoms with Gasteiger partial charge in [0.05, 0.1) is 52.9 Å². The van der Waals surface area contributed by atoms with Crippen LogP contribution in [0.5, 0.6) is 0 Å². The van der Waals surface area contributed by atoms with Crippen molar-refractivity contribution in [2.45, 2.75) is 222 Å². The van der Waals surface area contributed by atoms with Gasteiger partial charge in [-0.1, -0.05) is 0 Å². The fourth-order valence-corrected chi connectivity index (χ4v) is 10.4. The van der Waals surface area contributed by atoms with E-state index in [4.69, 9.17) is 56.8 Å². The van der Waals surface area contributed by atoms with Crippen LogP contribution in [0, 0.1) is 0 Å². The van der Waals surface area contributed by atoms with Gasteiger partial charge in [-0.3, -0.25) is 9.59 Å². The minimum absolute atomic E-state index is 0.862. The summed E-state index contributed by atoms with van der Waals surface area (Å²) in [6, 6.07) is -3.69. The highest BCUT2D eigenvalue weighted by molar-refractivity contribution is 5.73. The summed E-state index contributed by atoms with van der Waals surface area (Å²) in [5.74, 6) is -1.79. The Balaban J connectivity index is 1.19. The van der Waals surface area contributed by atoms with Crippen molar-refractivity contribution in [3.63, 3.8) is 0 Å². The van der Waals surface area contributed by atoms with E-state index in [0.717, 1.165) is 13.8 Å². The van der Waals surface area contributed by atoms with Gasteiger partial charge in [-0.2, -0.15) is 0 Å². The van der Waals surface area contributed by atoms with Gasteiger partial charge in [-0.25, -0.2) is 0 Å². The van der Waals surface area contributed by atoms with E-state index in [0.29, 0.717) is 0 Å². The molecule has 0 aromatic heterocycles. The van der Waals surface area contributed by atoms with Gasteiger partial charge in [0, 0.05) is 13.8 Å². The molecule has 0 spiro atoms. The van der Waals surface area contributed by atoms with Gasteiger partial charge in [-0.05, 0) is 0 Å². The first-order chi connectivity index (χ1) is 39.7. The van der Waals surface area contributed by atoms with E-state index in [1.54, 1.807) is 0 Å². The van der Waals surface area contributed by atoms with Crippen LogP contribution >= 0.6 is 0 Å². The Morgan fingerprint density at radius 2 is 0.667 bits per heavy atom. The Hall–Kier alpha value is -2.42. The first kappa shape index (κ1) is 70.7. The van der Waals surface area contributed by atoms with Crippen LogP contribution in [0.15, 0.2) is 0 Å². The predicted octanol–water partition coefficient (Wildman–Crippen LogP) is -16.4. The predicted molar refractivity (Wildman–Crippen MR) is 257 cm³/mol. The van der Waals surface area contributed by atoms with Crippen molar-refractivity contribution >= 4 is 11.8 Å². The lowest BCUT2D eigenvalue weighted by molar-refractivity contribution is -0.387. The first-order valence-electron chi connectivity index (χ1n) is 26.6. The highest BCUT2D eigenvalue weighted by atomic mass is 16.8. The van der Waals surface area contributed by atoms with Crippen molar-refractivity contribution in [1.29, 1.82) is 0 Å². The molecular weight excluding hydrogens is 1160 g/mol. The maximum atomic E-state index is 12.7. The molecule has 38 heteroatoms. The minimum Gasteiger partial charge on any atom is -0.394 e. The third kappa shape index (κ3) is 15.6. The summed E-state index contributed by atoms with van der Waals surface area (Å²) in [6.45, 7) is -6.43. The van der Waals surface area contributed by atoms with Crippen LogP contribution in [0.1, 0.15) is 13.8 Å². The van der Waals surface area contributed by atoms with Crippen molar-refractivity contribution in [2.24, 2.45) is 0 Å². The normalized spacial score (nSPS) is 46.4. The molecule has 38 nitrogen and oxygen atoms in total. The monoisotopic (exact) mass is 1240 g/mol. The summed E-state index contributed by atoms with van der Waals surface area (Å²) in [7, 11) is 0. The Kier molecular flexibility index (Phi) is 26.4. The quantitative estimate of drug-likeness (QED) is 0.0404. The Labute approximate surface area is 475 Å². The molecule has 0 radical (unpaired) electrons. The van der Waals surface area contributed by atoms with Gasteiger partial charge in [0.2, 0.25) is 11.8 Å². The van der Waals surface area contributed by atoms with Gasteiger partial charge >= 0.3 is 0 Å². The van der Waals surface area contributed by atoms with Crippen molar-refractivity contribution < 1.29 is 179 Å². The Morgan fingerprint density at radius 3 is 1.05 bits per heavy atom. The Bertz CT molecular complexity index is 2010. The molecule has 34 atom stereocenters. The molecule has 0 aromatic carbocycles. The number of hydrogen-bond acceptors (Lipinski definition) is 36. The Morgan fingerprint density at radius 1 is 0.357 bits per heavy atom. The lowest BCUT2D eigenvalue weighted by Gasteiger charge is -2.51. The molecular formula is C46H80N2O36. The maximum Gasteiger partial charge on any atom is 0.217 e. The summed E-state index contributed by atoms with van der Waals surface area (Å²) in [5, 5.41) is 239. The summed E-state index contributed by atoms with van der Waals surface area (Å²) in [6.07, 6.45) is -63.3. The molecule has 6 saturated heterocycles. The van der Waals surface area contributed by atoms with Gasteiger partial charge in [0.1, 0.15) is 171 Å². The standard InChI is InChI=1S/C46H80N2O36/c1-11(57)47-21-27(65)36(80-44-32(70)30(68)38(20(10-56)78-44)82-43-31(69)29(67)24(62)15(5-51)73-43)18(8-54)76-41(21)84-40-26(64)17(7-53)75-46(34(40)72)81-37-19(9-55)77-42(22(28(37)66)48-12(2)58)83-39-25(63)16(6-52)74-45(33(39)71)79-35(14(60)4-50)23(61)13(59)3-49/h13-46,49-56,59-72H,3-10H2,1-2H3,(H,47,57)(H,48,58)/t13-,14+,15+,16+,17+,18+,19+,20+,21+,22+,23+,24-,25-,26-,27+,28+,29-,30+,31+,32+,33+,34+,35+,36+,37+,38-,39-,40-,41-,42-,43-,44-,45-,46-/m0/s1.